The zero-order valence-electron chi connectivity index (χ0n) is 26.5. The molecule has 12 nitrogen and oxygen atoms in total. The summed E-state index contributed by atoms with van der Waals surface area (Å²) >= 11 is 1.04. The minimum atomic E-state index is -0.984. The first-order chi connectivity index (χ1) is 22.7. The maximum atomic E-state index is 14.2. The van der Waals surface area contributed by atoms with Gasteiger partial charge in [0.05, 0.1) is 59.8 Å². The zero-order valence-corrected chi connectivity index (χ0v) is 27.3. The Morgan fingerprint density at radius 3 is 2.40 bits per heavy atom. The number of rotatable bonds is 12. The first-order valence-electron chi connectivity index (χ1n) is 14.7. The van der Waals surface area contributed by atoms with Crippen LogP contribution in [0.3, 0.4) is 0 Å². The van der Waals surface area contributed by atoms with Gasteiger partial charge >= 0.3 is 5.97 Å². The molecule has 1 aromatic heterocycles. The zero-order chi connectivity index (χ0) is 33.7. The molecule has 244 valence electrons. The van der Waals surface area contributed by atoms with Crippen molar-refractivity contribution in [1.82, 2.24) is 4.57 Å². The number of nitro groups is 1. The van der Waals surface area contributed by atoms with Gasteiger partial charge in [0.1, 0.15) is 12.6 Å². The number of carbonyl (C=O) groups excluding carboxylic acids is 1. The second kappa shape index (κ2) is 14.3. The molecule has 0 unspecified atom stereocenters. The fraction of sp³-hybridized carbons (Fsp3) is 0.265. The average molecular weight is 660 g/mol. The highest BCUT2D eigenvalue weighted by Gasteiger charge is 2.36. The van der Waals surface area contributed by atoms with E-state index in [4.69, 9.17) is 23.7 Å². The van der Waals surface area contributed by atoms with E-state index >= 15 is 0 Å². The molecule has 1 atom stereocenters. The fourth-order valence-corrected chi connectivity index (χ4v) is 6.32. The number of hydrogen-bond acceptors (Lipinski definition) is 11. The molecule has 0 bridgehead atoms. The third-order valence-corrected chi connectivity index (χ3v) is 8.35. The molecule has 3 aromatic carbocycles. The average Bonchev–Trinajstić information content (AvgIpc) is 3.37. The normalized spacial score (nSPS) is 14.2. The molecule has 4 aromatic rings. The topological polar surface area (TPSA) is 141 Å². The molecule has 0 aliphatic carbocycles. The van der Waals surface area contributed by atoms with Crippen molar-refractivity contribution < 1.29 is 33.4 Å². The lowest BCUT2D eigenvalue weighted by Crippen LogP contribution is -2.40. The molecule has 0 spiro atoms. The Hall–Kier alpha value is -5.43. The van der Waals surface area contributed by atoms with Crippen molar-refractivity contribution in [2.24, 2.45) is 4.99 Å². The van der Waals surface area contributed by atoms with Crippen LogP contribution in [-0.2, 0) is 16.1 Å². The quantitative estimate of drug-likeness (QED) is 0.120. The van der Waals surface area contributed by atoms with Gasteiger partial charge in [0.2, 0.25) is 0 Å². The first kappa shape index (κ1) is 32.9. The second-order valence-electron chi connectivity index (χ2n) is 10.2. The van der Waals surface area contributed by atoms with Gasteiger partial charge in [0.15, 0.2) is 27.8 Å². The van der Waals surface area contributed by atoms with Crippen molar-refractivity contribution in [3.05, 3.63) is 118 Å². The predicted molar refractivity (Wildman–Crippen MR) is 175 cm³/mol. The predicted octanol–water partition coefficient (Wildman–Crippen LogP) is 4.70. The highest BCUT2D eigenvalue weighted by atomic mass is 32.1. The molecule has 5 rings (SSSR count). The van der Waals surface area contributed by atoms with Crippen LogP contribution in [0.25, 0.3) is 6.08 Å². The van der Waals surface area contributed by atoms with Crippen LogP contribution in [0.5, 0.6) is 23.0 Å². The van der Waals surface area contributed by atoms with Gasteiger partial charge in [-0.3, -0.25) is 19.5 Å². The number of nitro benzene ring substituents is 1. The van der Waals surface area contributed by atoms with E-state index < -0.39 is 22.5 Å². The monoisotopic (exact) mass is 659 g/mol. The third-order valence-electron chi connectivity index (χ3n) is 7.36. The van der Waals surface area contributed by atoms with Crippen LogP contribution < -0.4 is 33.8 Å². The van der Waals surface area contributed by atoms with Crippen molar-refractivity contribution in [1.29, 1.82) is 0 Å². The largest absolute Gasteiger partial charge is 0.493 e. The molecule has 1 aliphatic heterocycles. The van der Waals surface area contributed by atoms with Crippen LogP contribution in [0.2, 0.25) is 0 Å². The summed E-state index contributed by atoms with van der Waals surface area (Å²) in [6.07, 6.45) is 1.42. The number of para-hydroxylation sites is 1. The van der Waals surface area contributed by atoms with E-state index in [1.807, 2.05) is 37.3 Å². The van der Waals surface area contributed by atoms with Crippen molar-refractivity contribution in [2.75, 3.05) is 27.4 Å². The molecular weight excluding hydrogens is 626 g/mol. The minimum Gasteiger partial charge on any atom is -0.493 e. The van der Waals surface area contributed by atoms with E-state index in [9.17, 15) is 19.7 Å². The Kier molecular flexibility index (Phi) is 10.0. The van der Waals surface area contributed by atoms with Crippen LogP contribution in [0, 0.1) is 10.1 Å². The number of fused-ring (bicyclic) bond motifs is 1. The SMILES string of the molecule is CCOC(=O)C1=C(C)N=c2s/c(=C/c3cc(OC)c(OCc4ccccc4)cc3[N+](=O)[O-])c(=O)n2[C@@H]1c1cccc(OC)c1OCC. The Morgan fingerprint density at radius 1 is 1.00 bits per heavy atom. The summed E-state index contributed by atoms with van der Waals surface area (Å²) in [4.78, 5) is 44.2. The van der Waals surface area contributed by atoms with Gasteiger partial charge in [-0.15, -0.1) is 0 Å². The number of allylic oxidation sites excluding steroid dienone is 1. The molecular formula is C34H33N3O9S. The van der Waals surface area contributed by atoms with Crippen LogP contribution in [0.15, 0.2) is 81.7 Å². The lowest BCUT2D eigenvalue weighted by atomic mass is 9.94. The Morgan fingerprint density at radius 2 is 1.74 bits per heavy atom. The van der Waals surface area contributed by atoms with E-state index in [0.717, 1.165) is 16.9 Å². The smallest absolute Gasteiger partial charge is 0.338 e. The Balaban J connectivity index is 1.69. The number of nitrogens with zero attached hydrogens (tertiary/aromatic N) is 3. The first-order valence-corrected chi connectivity index (χ1v) is 15.6. The van der Waals surface area contributed by atoms with Gasteiger partial charge in [-0.1, -0.05) is 53.8 Å². The standard InChI is InChI=1S/C34H33N3O9S/c1-6-44-31-23(14-11-15-25(31)42-4)30-29(33(39)45-7-2)20(3)35-34-36(30)32(38)28(47-34)17-22-16-26(43-5)27(18-24(22)37(40)41)46-19-21-12-9-8-10-13-21/h8-18,30H,6-7,19H2,1-5H3/b28-17+/t30-/m1/s1. The highest BCUT2D eigenvalue weighted by molar-refractivity contribution is 7.07. The number of thiazole rings is 1. The summed E-state index contributed by atoms with van der Waals surface area (Å²) < 4.78 is 29.9. The summed E-state index contributed by atoms with van der Waals surface area (Å²) in [6, 6.07) is 16.3. The van der Waals surface area contributed by atoms with Crippen LogP contribution in [0.1, 0.15) is 43.5 Å². The van der Waals surface area contributed by atoms with Crippen molar-refractivity contribution >= 4 is 29.1 Å². The van der Waals surface area contributed by atoms with Crippen LogP contribution in [0.4, 0.5) is 5.69 Å². The van der Waals surface area contributed by atoms with Gasteiger partial charge in [-0.05, 0) is 44.5 Å². The molecule has 13 heteroatoms. The highest BCUT2D eigenvalue weighted by Crippen LogP contribution is 2.41. The summed E-state index contributed by atoms with van der Waals surface area (Å²) in [6.45, 7) is 5.74. The molecule has 0 saturated heterocycles. The number of hydrogen-bond donors (Lipinski definition) is 0. The number of esters is 1. The Bertz CT molecular complexity index is 2030. The molecule has 2 heterocycles. The molecule has 0 radical (unpaired) electrons. The van der Waals surface area contributed by atoms with E-state index in [1.165, 1.54) is 37.0 Å². The minimum absolute atomic E-state index is 0.111. The Labute approximate surface area is 273 Å². The van der Waals surface area contributed by atoms with Gasteiger partial charge in [-0.2, -0.15) is 0 Å². The fourth-order valence-electron chi connectivity index (χ4n) is 5.28. The molecule has 0 amide bonds. The summed E-state index contributed by atoms with van der Waals surface area (Å²) in [5.41, 5.74) is 1.20. The molecule has 0 N–H and O–H groups in total. The molecule has 0 saturated carbocycles. The van der Waals surface area contributed by atoms with Crippen LogP contribution >= 0.6 is 11.3 Å². The molecule has 0 fully saturated rings. The van der Waals surface area contributed by atoms with Gasteiger partial charge in [0, 0.05) is 5.56 Å². The van der Waals surface area contributed by atoms with Crippen LogP contribution in [-0.4, -0.2) is 42.9 Å². The summed E-state index contributed by atoms with van der Waals surface area (Å²) in [5, 5.41) is 12.2. The van der Waals surface area contributed by atoms with Crippen molar-refractivity contribution in [3.63, 3.8) is 0 Å². The maximum Gasteiger partial charge on any atom is 0.338 e. The van der Waals surface area contributed by atoms with Crippen molar-refractivity contribution in [3.8, 4) is 23.0 Å². The van der Waals surface area contributed by atoms with E-state index in [2.05, 4.69) is 4.99 Å². The summed E-state index contributed by atoms with van der Waals surface area (Å²) in [5.74, 6) is 0.575. The second-order valence-corrected chi connectivity index (χ2v) is 11.2. The van der Waals surface area contributed by atoms with Gasteiger partial charge in [0.25, 0.3) is 11.2 Å². The number of carbonyl (C=O) groups is 1. The van der Waals surface area contributed by atoms with E-state index in [0.29, 0.717) is 34.2 Å². The van der Waals surface area contributed by atoms with Gasteiger partial charge < -0.3 is 23.7 Å². The number of benzene rings is 3. The number of ether oxygens (including phenoxy) is 5. The number of methoxy groups -OCH3 is 2. The van der Waals surface area contributed by atoms with Crippen molar-refractivity contribution in [2.45, 2.75) is 33.4 Å². The van der Waals surface area contributed by atoms with E-state index in [-0.39, 0.29) is 46.1 Å². The van der Waals surface area contributed by atoms with Gasteiger partial charge in [-0.25, -0.2) is 9.79 Å². The lowest BCUT2D eigenvalue weighted by molar-refractivity contribution is -0.385. The lowest BCUT2D eigenvalue weighted by Gasteiger charge is -2.26. The molecule has 1 aliphatic rings. The van der Waals surface area contributed by atoms with E-state index in [1.54, 1.807) is 32.0 Å². The molecule has 47 heavy (non-hydrogen) atoms. The number of aromatic nitrogens is 1. The maximum absolute atomic E-state index is 14.2. The third kappa shape index (κ3) is 6.61. The summed E-state index contributed by atoms with van der Waals surface area (Å²) in [7, 11) is 2.93.